The third-order valence-electron chi connectivity index (χ3n) is 4.39. The summed E-state index contributed by atoms with van der Waals surface area (Å²) in [5.74, 6) is 0.715. The van der Waals surface area contributed by atoms with Crippen molar-refractivity contribution in [2.45, 2.75) is 6.61 Å². The molecule has 112 valence electrons. The molecule has 1 aliphatic rings. The molecule has 1 aliphatic heterocycles. The minimum Gasteiger partial charge on any atom is -0.487 e. The van der Waals surface area contributed by atoms with Crippen molar-refractivity contribution in [2.75, 3.05) is 0 Å². The average molecular weight is 322 g/mol. The Bertz CT molecular complexity index is 1100. The van der Waals surface area contributed by atoms with Crippen LogP contribution in [0.4, 0.5) is 0 Å². The molecule has 2 aromatic heterocycles. The molecule has 0 saturated carbocycles. The van der Waals surface area contributed by atoms with Crippen molar-refractivity contribution in [3.63, 3.8) is 0 Å². The number of para-hydroxylation sites is 1. The number of halogens is 1. The summed E-state index contributed by atoms with van der Waals surface area (Å²) in [4.78, 5) is 4.95. The summed E-state index contributed by atoms with van der Waals surface area (Å²) in [5.41, 5.74) is 5.00. The van der Waals surface area contributed by atoms with E-state index < -0.39 is 0 Å². The number of aryl methyl sites for hydroxylation is 1. The van der Waals surface area contributed by atoms with Gasteiger partial charge in [0.05, 0.1) is 27.9 Å². The number of ether oxygens (including phenoxy) is 1. The molecule has 4 nitrogen and oxygen atoms in total. The number of benzene rings is 2. The van der Waals surface area contributed by atoms with Gasteiger partial charge >= 0.3 is 0 Å². The Kier molecular flexibility index (Phi) is 2.50. The maximum absolute atomic E-state index is 6.26. The van der Waals surface area contributed by atoms with Crippen LogP contribution < -0.4 is 4.74 Å². The van der Waals surface area contributed by atoms with Crippen LogP contribution in [0, 0.1) is 0 Å². The smallest absolute Gasteiger partial charge is 0.147 e. The van der Waals surface area contributed by atoms with Crippen LogP contribution >= 0.6 is 11.6 Å². The Morgan fingerprint density at radius 2 is 2.13 bits per heavy atom. The topological polar surface area (TPSA) is 39.9 Å². The van der Waals surface area contributed by atoms with E-state index in [1.165, 1.54) is 0 Å². The number of fused-ring (bicyclic) bond motifs is 6. The molecule has 0 amide bonds. The molecule has 0 radical (unpaired) electrons. The van der Waals surface area contributed by atoms with E-state index in [9.17, 15) is 0 Å². The van der Waals surface area contributed by atoms with Gasteiger partial charge in [-0.15, -0.1) is 0 Å². The summed E-state index contributed by atoms with van der Waals surface area (Å²) in [6.45, 7) is 0.486. The van der Waals surface area contributed by atoms with Gasteiger partial charge in [-0.2, -0.15) is 5.10 Å². The molecular weight excluding hydrogens is 310 g/mol. The Hall–Kier alpha value is -2.59. The molecule has 0 atom stereocenters. The minimum absolute atomic E-state index is 0.486. The summed E-state index contributed by atoms with van der Waals surface area (Å²) in [5, 5.41) is 7.12. The summed E-state index contributed by atoms with van der Waals surface area (Å²) >= 11 is 6.26. The van der Waals surface area contributed by atoms with Gasteiger partial charge in [-0.05, 0) is 24.3 Å². The number of hydrogen-bond acceptors (Lipinski definition) is 3. The van der Waals surface area contributed by atoms with Crippen molar-refractivity contribution in [3.8, 4) is 17.0 Å². The van der Waals surface area contributed by atoms with Gasteiger partial charge in [-0.3, -0.25) is 4.68 Å². The first-order valence-corrected chi connectivity index (χ1v) is 7.76. The number of nitrogens with zero attached hydrogens (tertiary/aromatic N) is 3. The first-order chi connectivity index (χ1) is 11.2. The van der Waals surface area contributed by atoms with Crippen molar-refractivity contribution < 1.29 is 4.74 Å². The fraction of sp³-hybridized carbons (Fsp3) is 0.111. The zero-order valence-corrected chi connectivity index (χ0v) is 13.1. The number of aromatic nitrogens is 3. The van der Waals surface area contributed by atoms with Crippen LogP contribution in [0.1, 0.15) is 5.56 Å². The van der Waals surface area contributed by atoms with E-state index in [-0.39, 0.29) is 0 Å². The van der Waals surface area contributed by atoms with Crippen molar-refractivity contribution in [1.29, 1.82) is 0 Å². The van der Waals surface area contributed by atoms with Gasteiger partial charge in [0.2, 0.25) is 0 Å². The number of pyridine rings is 1. The lowest BCUT2D eigenvalue weighted by Crippen LogP contribution is -2.07. The molecule has 0 fully saturated rings. The Labute approximate surface area is 137 Å². The van der Waals surface area contributed by atoms with E-state index in [0.29, 0.717) is 17.4 Å². The Balaban J connectivity index is 1.89. The zero-order chi connectivity index (χ0) is 15.6. The zero-order valence-electron chi connectivity index (χ0n) is 12.4. The summed E-state index contributed by atoms with van der Waals surface area (Å²) in [6.07, 6.45) is 1.87. The van der Waals surface area contributed by atoms with Crippen molar-refractivity contribution >= 4 is 33.4 Å². The minimum atomic E-state index is 0.486. The maximum atomic E-state index is 6.26. The van der Waals surface area contributed by atoms with Crippen LogP contribution in [0.25, 0.3) is 33.1 Å². The van der Waals surface area contributed by atoms with Crippen molar-refractivity contribution in [2.24, 2.45) is 7.05 Å². The maximum Gasteiger partial charge on any atom is 0.147 e. The number of rotatable bonds is 0. The van der Waals surface area contributed by atoms with Gasteiger partial charge in [0, 0.05) is 28.9 Å². The van der Waals surface area contributed by atoms with Crippen LogP contribution in [0.5, 0.6) is 5.75 Å². The Morgan fingerprint density at radius 3 is 3.04 bits per heavy atom. The highest BCUT2D eigenvalue weighted by molar-refractivity contribution is 6.32. The predicted octanol–water partition coefficient (Wildman–Crippen LogP) is 4.33. The van der Waals surface area contributed by atoms with Gasteiger partial charge < -0.3 is 4.74 Å². The van der Waals surface area contributed by atoms with Crippen LogP contribution in [0.2, 0.25) is 5.02 Å². The predicted molar refractivity (Wildman–Crippen MR) is 90.8 cm³/mol. The summed E-state index contributed by atoms with van der Waals surface area (Å²) < 4.78 is 7.70. The second kappa shape index (κ2) is 4.46. The first-order valence-electron chi connectivity index (χ1n) is 7.38. The molecule has 23 heavy (non-hydrogen) atoms. The summed E-state index contributed by atoms with van der Waals surface area (Å²) in [6, 6.07) is 12.1. The van der Waals surface area contributed by atoms with Gasteiger partial charge in [-0.25, -0.2) is 4.98 Å². The van der Waals surface area contributed by atoms with Crippen LogP contribution in [0.3, 0.4) is 0 Å². The van der Waals surface area contributed by atoms with E-state index >= 15 is 0 Å². The van der Waals surface area contributed by atoms with Crippen molar-refractivity contribution in [1.82, 2.24) is 14.8 Å². The highest BCUT2D eigenvalue weighted by Gasteiger charge is 2.22. The van der Waals surface area contributed by atoms with Gasteiger partial charge in [0.1, 0.15) is 12.4 Å². The van der Waals surface area contributed by atoms with Crippen molar-refractivity contribution in [3.05, 3.63) is 53.2 Å². The highest BCUT2D eigenvalue weighted by atomic mass is 35.5. The molecule has 2 aromatic carbocycles. The summed E-state index contributed by atoms with van der Waals surface area (Å²) in [7, 11) is 1.94. The molecule has 0 N–H and O–H groups in total. The van der Waals surface area contributed by atoms with Crippen LogP contribution in [0.15, 0.2) is 42.6 Å². The molecule has 0 spiro atoms. The monoisotopic (exact) mass is 321 g/mol. The molecule has 5 rings (SSSR count). The first kappa shape index (κ1) is 12.9. The second-order valence-corrected chi connectivity index (χ2v) is 6.15. The average Bonchev–Trinajstić information content (AvgIpc) is 2.95. The third-order valence-corrected chi connectivity index (χ3v) is 4.68. The molecule has 5 heteroatoms. The molecule has 0 bridgehead atoms. The third kappa shape index (κ3) is 1.72. The van der Waals surface area contributed by atoms with Crippen LogP contribution in [-0.2, 0) is 13.7 Å². The fourth-order valence-corrected chi connectivity index (χ4v) is 3.48. The quantitative estimate of drug-likeness (QED) is 0.484. The fourth-order valence-electron chi connectivity index (χ4n) is 3.25. The molecule has 0 unspecified atom stereocenters. The molecule has 0 aliphatic carbocycles. The van der Waals surface area contributed by atoms with E-state index in [4.69, 9.17) is 21.3 Å². The molecule has 4 aromatic rings. The van der Waals surface area contributed by atoms with E-state index in [1.807, 2.05) is 36.1 Å². The largest absolute Gasteiger partial charge is 0.487 e. The second-order valence-electron chi connectivity index (χ2n) is 5.74. The van der Waals surface area contributed by atoms with E-state index in [0.717, 1.165) is 38.6 Å². The molecule has 3 heterocycles. The van der Waals surface area contributed by atoms with Gasteiger partial charge in [-0.1, -0.05) is 23.7 Å². The SMILES string of the molecule is Cn1ncc2c3nc4c(cc3ccc21)COc1c(Cl)cccc1-4. The van der Waals surface area contributed by atoms with Crippen LogP contribution in [-0.4, -0.2) is 14.8 Å². The molecular formula is C18H12ClN3O. The lowest BCUT2D eigenvalue weighted by Gasteiger charge is -2.21. The lowest BCUT2D eigenvalue weighted by atomic mass is 10.00. The van der Waals surface area contributed by atoms with Gasteiger partial charge in [0.15, 0.2) is 0 Å². The normalized spacial score (nSPS) is 13.0. The van der Waals surface area contributed by atoms with E-state index in [2.05, 4.69) is 23.3 Å². The van der Waals surface area contributed by atoms with E-state index in [1.54, 1.807) is 0 Å². The molecule has 0 saturated heterocycles. The number of hydrogen-bond donors (Lipinski definition) is 0. The van der Waals surface area contributed by atoms with Gasteiger partial charge in [0.25, 0.3) is 0 Å². The lowest BCUT2D eigenvalue weighted by molar-refractivity contribution is 0.302. The standard InChI is InChI=1S/C18H12ClN3O/c1-22-15-6-5-10-7-11-9-23-18-12(3-2-4-14(18)19)17(11)21-16(10)13(15)8-20-22/h2-8H,9H2,1H3. The Morgan fingerprint density at radius 1 is 1.22 bits per heavy atom. The highest BCUT2D eigenvalue weighted by Crippen LogP contribution is 2.42.